The first kappa shape index (κ1) is 20.5. The van der Waals surface area contributed by atoms with Crippen LogP contribution < -0.4 is 10.6 Å². The number of halogens is 1. The molecule has 2 rings (SSSR count). The molecule has 2 saturated carbocycles. The molecule has 0 heterocycles. The van der Waals surface area contributed by atoms with Crippen molar-refractivity contribution in [2.24, 2.45) is 16.8 Å². The van der Waals surface area contributed by atoms with E-state index in [0.717, 1.165) is 37.6 Å². The lowest BCUT2D eigenvalue weighted by Gasteiger charge is -2.29. The van der Waals surface area contributed by atoms with Crippen LogP contribution in [-0.2, 0) is 9.53 Å². The molecule has 2 aliphatic rings. The highest BCUT2D eigenvalue weighted by Crippen LogP contribution is 2.34. The molecule has 134 valence electrons. The Morgan fingerprint density at radius 3 is 2.43 bits per heavy atom. The Balaban J connectivity index is 0.00000264. The van der Waals surface area contributed by atoms with Crippen molar-refractivity contribution < 1.29 is 9.53 Å². The molecule has 2 unspecified atom stereocenters. The number of esters is 1. The first-order valence-corrected chi connectivity index (χ1v) is 8.84. The molecule has 2 fully saturated rings. The quantitative estimate of drug-likeness (QED) is 0.290. The molecule has 0 aromatic carbocycles. The standard InChI is InChI=1S/C17H31N3O2.HI/c1-4-6-13-11-15(13)20-17(18-3)19-14-9-7-12(8-10-14)16(21)22-5-2;/h12-15H,4-11H2,1-3H3,(H2,18,19,20);1H. The summed E-state index contributed by atoms with van der Waals surface area (Å²) in [6.07, 6.45) is 7.67. The van der Waals surface area contributed by atoms with E-state index in [1.807, 2.05) is 14.0 Å². The molecule has 0 aliphatic heterocycles. The van der Waals surface area contributed by atoms with Gasteiger partial charge in [0.15, 0.2) is 5.96 Å². The predicted octanol–water partition coefficient (Wildman–Crippen LogP) is 3.08. The molecule has 2 N–H and O–H groups in total. The van der Waals surface area contributed by atoms with Crippen molar-refractivity contribution in [2.45, 2.75) is 70.9 Å². The van der Waals surface area contributed by atoms with Crippen LogP contribution in [0.4, 0.5) is 0 Å². The number of carbonyl (C=O) groups excluding carboxylic acids is 1. The van der Waals surface area contributed by atoms with Crippen LogP contribution in [0.3, 0.4) is 0 Å². The number of rotatable bonds is 6. The van der Waals surface area contributed by atoms with E-state index < -0.39 is 0 Å². The normalized spacial score (nSPS) is 30.1. The average molecular weight is 437 g/mol. The number of aliphatic imine (C=N–C) groups is 1. The van der Waals surface area contributed by atoms with Crippen LogP contribution in [0.2, 0.25) is 0 Å². The summed E-state index contributed by atoms with van der Waals surface area (Å²) in [5.41, 5.74) is 0. The summed E-state index contributed by atoms with van der Waals surface area (Å²) in [7, 11) is 1.83. The summed E-state index contributed by atoms with van der Waals surface area (Å²) in [6, 6.07) is 1.02. The Hall–Kier alpha value is -0.530. The summed E-state index contributed by atoms with van der Waals surface area (Å²) in [6.45, 7) is 4.59. The maximum atomic E-state index is 11.8. The molecule has 0 radical (unpaired) electrons. The third kappa shape index (κ3) is 6.47. The fraction of sp³-hybridized carbons (Fsp3) is 0.882. The molecular weight excluding hydrogens is 405 g/mol. The first-order valence-electron chi connectivity index (χ1n) is 8.84. The summed E-state index contributed by atoms with van der Waals surface area (Å²) in [5.74, 6) is 1.81. The fourth-order valence-electron chi connectivity index (χ4n) is 3.39. The largest absolute Gasteiger partial charge is 0.466 e. The molecule has 0 amide bonds. The lowest BCUT2D eigenvalue weighted by Crippen LogP contribution is -2.46. The minimum absolute atomic E-state index is 0. The molecule has 2 atom stereocenters. The van der Waals surface area contributed by atoms with Crippen LogP contribution in [0.1, 0.15) is 58.8 Å². The Kier molecular flexibility index (Phi) is 9.24. The average Bonchev–Trinajstić information content (AvgIpc) is 3.25. The van der Waals surface area contributed by atoms with Gasteiger partial charge in [0.1, 0.15) is 0 Å². The smallest absolute Gasteiger partial charge is 0.308 e. The highest BCUT2D eigenvalue weighted by atomic mass is 127. The third-order valence-electron chi connectivity index (χ3n) is 4.82. The van der Waals surface area contributed by atoms with E-state index in [9.17, 15) is 4.79 Å². The monoisotopic (exact) mass is 437 g/mol. The van der Waals surface area contributed by atoms with Gasteiger partial charge in [-0.3, -0.25) is 9.79 Å². The lowest BCUT2D eigenvalue weighted by molar-refractivity contribution is -0.149. The number of guanidine groups is 1. The second-order valence-corrected chi connectivity index (χ2v) is 6.55. The zero-order valence-corrected chi connectivity index (χ0v) is 17.0. The van der Waals surface area contributed by atoms with Crippen molar-refractivity contribution in [3.63, 3.8) is 0 Å². The van der Waals surface area contributed by atoms with Gasteiger partial charge in [-0.1, -0.05) is 13.3 Å². The van der Waals surface area contributed by atoms with Crippen molar-refractivity contribution in [3.8, 4) is 0 Å². The van der Waals surface area contributed by atoms with Gasteiger partial charge in [0.25, 0.3) is 0 Å². The van der Waals surface area contributed by atoms with E-state index in [1.54, 1.807) is 0 Å². The Bertz CT molecular complexity index is 395. The summed E-state index contributed by atoms with van der Waals surface area (Å²) in [4.78, 5) is 16.1. The number of hydrogen-bond acceptors (Lipinski definition) is 3. The van der Waals surface area contributed by atoms with Crippen LogP contribution in [-0.4, -0.2) is 37.7 Å². The van der Waals surface area contributed by atoms with Gasteiger partial charge in [0.05, 0.1) is 12.5 Å². The van der Waals surface area contributed by atoms with Crippen molar-refractivity contribution >= 4 is 35.9 Å². The maximum Gasteiger partial charge on any atom is 0.308 e. The van der Waals surface area contributed by atoms with E-state index in [2.05, 4.69) is 22.5 Å². The minimum atomic E-state index is -0.0242. The van der Waals surface area contributed by atoms with E-state index >= 15 is 0 Å². The summed E-state index contributed by atoms with van der Waals surface area (Å²) < 4.78 is 5.12. The molecule has 2 aliphatic carbocycles. The summed E-state index contributed by atoms with van der Waals surface area (Å²) in [5, 5.41) is 7.04. The van der Waals surface area contributed by atoms with Crippen LogP contribution >= 0.6 is 24.0 Å². The van der Waals surface area contributed by atoms with Gasteiger partial charge in [-0.25, -0.2) is 0 Å². The van der Waals surface area contributed by atoms with Gasteiger partial charge in [0.2, 0.25) is 0 Å². The highest BCUT2D eigenvalue weighted by molar-refractivity contribution is 14.0. The molecule has 6 heteroatoms. The topological polar surface area (TPSA) is 62.7 Å². The van der Waals surface area contributed by atoms with Crippen molar-refractivity contribution in [1.82, 2.24) is 10.6 Å². The van der Waals surface area contributed by atoms with E-state index in [0.29, 0.717) is 18.7 Å². The van der Waals surface area contributed by atoms with Crippen molar-refractivity contribution in [1.29, 1.82) is 0 Å². The van der Waals surface area contributed by atoms with Crippen LogP contribution in [0.15, 0.2) is 4.99 Å². The molecule has 0 spiro atoms. The molecule has 0 bridgehead atoms. The number of ether oxygens (including phenoxy) is 1. The zero-order chi connectivity index (χ0) is 15.9. The van der Waals surface area contributed by atoms with Gasteiger partial charge in [-0.05, 0) is 51.4 Å². The van der Waals surface area contributed by atoms with Crippen molar-refractivity contribution in [2.75, 3.05) is 13.7 Å². The molecule has 0 aromatic rings. The maximum absolute atomic E-state index is 11.8. The number of nitrogens with zero attached hydrogens (tertiary/aromatic N) is 1. The third-order valence-corrected chi connectivity index (χ3v) is 4.82. The van der Waals surface area contributed by atoms with Gasteiger partial charge < -0.3 is 15.4 Å². The van der Waals surface area contributed by atoms with Gasteiger partial charge in [-0.2, -0.15) is 0 Å². The van der Waals surface area contributed by atoms with E-state index in [1.165, 1.54) is 19.3 Å². The Morgan fingerprint density at radius 2 is 1.87 bits per heavy atom. The first-order chi connectivity index (χ1) is 10.7. The fourth-order valence-corrected chi connectivity index (χ4v) is 3.39. The highest BCUT2D eigenvalue weighted by Gasteiger charge is 2.37. The number of nitrogens with one attached hydrogen (secondary N) is 2. The minimum Gasteiger partial charge on any atom is -0.466 e. The predicted molar refractivity (Wildman–Crippen MR) is 104 cm³/mol. The second kappa shape index (κ2) is 10.4. The molecular formula is C17H32IN3O2. The molecule has 5 nitrogen and oxygen atoms in total. The molecule has 23 heavy (non-hydrogen) atoms. The van der Waals surface area contributed by atoms with Crippen LogP contribution in [0.5, 0.6) is 0 Å². The van der Waals surface area contributed by atoms with Crippen molar-refractivity contribution in [3.05, 3.63) is 0 Å². The second-order valence-electron chi connectivity index (χ2n) is 6.55. The van der Waals surface area contributed by atoms with E-state index in [-0.39, 0.29) is 35.9 Å². The van der Waals surface area contributed by atoms with Gasteiger partial charge >= 0.3 is 5.97 Å². The SMILES string of the molecule is CCCC1CC1NC(=NC)NC1CCC(C(=O)OCC)CC1.I. The number of hydrogen-bond donors (Lipinski definition) is 2. The van der Waals surface area contributed by atoms with E-state index in [4.69, 9.17) is 4.74 Å². The zero-order valence-electron chi connectivity index (χ0n) is 14.6. The Morgan fingerprint density at radius 1 is 1.17 bits per heavy atom. The molecule has 0 aromatic heterocycles. The lowest BCUT2D eigenvalue weighted by atomic mass is 9.86. The van der Waals surface area contributed by atoms with Gasteiger partial charge in [-0.15, -0.1) is 24.0 Å². The van der Waals surface area contributed by atoms with Gasteiger partial charge in [0, 0.05) is 19.1 Å². The Labute approximate surface area is 157 Å². The van der Waals surface area contributed by atoms with Crippen LogP contribution in [0, 0.1) is 11.8 Å². The summed E-state index contributed by atoms with van der Waals surface area (Å²) >= 11 is 0. The molecule has 0 saturated heterocycles. The van der Waals surface area contributed by atoms with Crippen LogP contribution in [0.25, 0.3) is 0 Å². The number of carbonyl (C=O) groups is 1.